The van der Waals surface area contributed by atoms with Crippen molar-refractivity contribution in [2.24, 2.45) is 0 Å². The van der Waals surface area contributed by atoms with E-state index in [1.54, 1.807) is 61.5 Å². The highest BCUT2D eigenvalue weighted by molar-refractivity contribution is 7.93. The number of carbonyl (C=O) groups is 1. The SMILES string of the molecule is COc1ccc(NC(=O)CN(c2ccc(C)cc2)S(=O)(=O)c2cc(C)ccc2OC)cc1OC. The zero-order valence-electron chi connectivity index (χ0n) is 19.8. The molecule has 0 saturated heterocycles. The van der Waals surface area contributed by atoms with Crippen molar-refractivity contribution in [3.63, 3.8) is 0 Å². The van der Waals surface area contributed by atoms with Crippen LogP contribution in [0.1, 0.15) is 11.1 Å². The largest absolute Gasteiger partial charge is 0.495 e. The lowest BCUT2D eigenvalue weighted by Gasteiger charge is -2.25. The molecule has 180 valence electrons. The lowest BCUT2D eigenvalue weighted by molar-refractivity contribution is -0.114. The Morgan fingerprint density at radius 2 is 1.38 bits per heavy atom. The maximum Gasteiger partial charge on any atom is 0.268 e. The molecule has 0 radical (unpaired) electrons. The van der Waals surface area contributed by atoms with Gasteiger partial charge in [-0.3, -0.25) is 9.10 Å². The summed E-state index contributed by atoms with van der Waals surface area (Å²) in [5.74, 6) is 0.620. The van der Waals surface area contributed by atoms with E-state index in [-0.39, 0.29) is 10.6 Å². The predicted molar refractivity (Wildman–Crippen MR) is 132 cm³/mol. The average molecular weight is 485 g/mol. The standard InChI is InChI=1S/C25H28N2O6S/c1-17-6-10-20(11-7-17)27(34(29,30)24-14-18(2)8-12-22(24)32-4)16-25(28)26-19-9-13-21(31-3)23(15-19)33-5/h6-15H,16H2,1-5H3,(H,26,28). The Morgan fingerprint density at radius 3 is 2.00 bits per heavy atom. The first-order valence-electron chi connectivity index (χ1n) is 10.5. The molecule has 34 heavy (non-hydrogen) atoms. The summed E-state index contributed by atoms with van der Waals surface area (Å²) < 4.78 is 44.4. The number of anilines is 2. The second-order valence-electron chi connectivity index (χ2n) is 7.62. The van der Waals surface area contributed by atoms with E-state index in [9.17, 15) is 13.2 Å². The zero-order valence-corrected chi connectivity index (χ0v) is 20.6. The first-order valence-corrected chi connectivity index (χ1v) is 11.9. The number of methoxy groups -OCH3 is 3. The molecule has 0 bridgehead atoms. The summed E-state index contributed by atoms with van der Waals surface area (Å²) in [7, 11) is 0.271. The number of rotatable bonds is 9. The summed E-state index contributed by atoms with van der Waals surface area (Å²) in [6.07, 6.45) is 0. The molecule has 1 N–H and O–H groups in total. The Morgan fingerprint density at radius 1 is 0.794 bits per heavy atom. The van der Waals surface area contributed by atoms with Crippen LogP contribution in [0.2, 0.25) is 0 Å². The predicted octanol–water partition coefficient (Wildman–Crippen LogP) is 4.16. The van der Waals surface area contributed by atoms with Crippen LogP contribution in [0.3, 0.4) is 0 Å². The minimum atomic E-state index is -4.14. The van der Waals surface area contributed by atoms with Gasteiger partial charge in [-0.15, -0.1) is 0 Å². The molecule has 3 rings (SSSR count). The molecule has 0 aliphatic carbocycles. The van der Waals surface area contributed by atoms with Crippen molar-refractivity contribution in [2.45, 2.75) is 18.7 Å². The molecule has 1 amide bonds. The first-order chi connectivity index (χ1) is 16.2. The lowest BCUT2D eigenvalue weighted by Crippen LogP contribution is -2.38. The van der Waals surface area contributed by atoms with Crippen LogP contribution >= 0.6 is 0 Å². The van der Waals surface area contributed by atoms with Gasteiger partial charge < -0.3 is 19.5 Å². The summed E-state index contributed by atoms with van der Waals surface area (Å²) in [6.45, 7) is 3.24. The van der Waals surface area contributed by atoms with E-state index >= 15 is 0 Å². The van der Waals surface area contributed by atoms with Gasteiger partial charge in [0.1, 0.15) is 17.2 Å². The quantitative estimate of drug-likeness (QED) is 0.490. The Kier molecular flexibility index (Phi) is 7.68. The van der Waals surface area contributed by atoms with Gasteiger partial charge in [0, 0.05) is 11.8 Å². The van der Waals surface area contributed by atoms with Crippen LogP contribution in [-0.2, 0) is 14.8 Å². The second kappa shape index (κ2) is 10.5. The normalized spacial score (nSPS) is 11.0. The van der Waals surface area contributed by atoms with Crippen LogP contribution in [0.5, 0.6) is 17.2 Å². The van der Waals surface area contributed by atoms with Crippen molar-refractivity contribution in [1.29, 1.82) is 0 Å². The van der Waals surface area contributed by atoms with E-state index in [4.69, 9.17) is 14.2 Å². The number of aryl methyl sites for hydroxylation is 2. The van der Waals surface area contributed by atoms with E-state index in [0.29, 0.717) is 22.9 Å². The van der Waals surface area contributed by atoms with Gasteiger partial charge in [0.05, 0.1) is 27.0 Å². The topological polar surface area (TPSA) is 94.2 Å². The van der Waals surface area contributed by atoms with Crippen LogP contribution < -0.4 is 23.8 Å². The fraction of sp³-hybridized carbons (Fsp3) is 0.240. The molecule has 0 aromatic heterocycles. The fourth-order valence-electron chi connectivity index (χ4n) is 3.38. The number of amides is 1. The number of ether oxygens (including phenoxy) is 3. The second-order valence-corrected chi connectivity index (χ2v) is 9.45. The average Bonchev–Trinajstić information content (AvgIpc) is 2.83. The molecule has 0 aliphatic heterocycles. The molecular formula is C25H28N2O6S. The molecule has 0 fully saturated rings. The van der Waals surface area contributed by atoms with Crippen LogP contribution in [-0.4, -0.2) is 42.2 Å². The van der Waals surface area contributed by atoms with Crippen molar-refractivity contribution in [3.05, 3.63) is 71.8 Å². The molecule has 0 aliphatic rings. The summed E-state index contributed by atoms with van der Waals surface area (Å²) in [5.41, 5.74) is 2.51. The van der Waals surface area contributed by atoms with Crippen LogP contribution in [0.25, 0.3) is 0 Å². The Hall–Kier alpha value is -3.72. The molecule has 3 aromatic carbocycles. The highest BCUT2D eigenvalue weighted by Gasteiger charge is 2.30. The number of hydrogen-bond donors (Lipinski definition) is 1. The van der Waals surface area contributed by atoms with Gasteiger partial charge in [0.2, 0.25) is 5.91 Å². The van der Waals surface area contributed by atoms with Crippen molar-refractivity contribution < 1.29 is 27.4 Å². The number of carbonyl (C=O) groups excluding carboxylic acids is 1. The van der Waals surface area contributed by atoms with Crippen molar-refractivity contribution in [3.8, 4) is 17.2 Å². The molecule has 0 saturated carbocycles. The Balaban J connectivity index is 1.98. The third-order valence-corrected chi connectivity index (χ3v) is 6.96. The van der Waals surface area contributed by atoms with Gasteiger partial charge in [-0.2, -0.15) is 0 Å². The smallest absolute Gasteiger partial charge is 0.268 e. The molecule has 0 unspecified atom stereocenters. The zero-order chi connectivity index (χ0) is 24.9. The molecule has 0 spiro atoms. The summed E-state index contributed by atoms with van der Waals surface area (Å²) in [4.78, 5) is 13.0. The van der Waals surface area contributed by atoms with Gasteiger partial charge in [0.15, 0.2) is 11.5 Å². The third-order valence-electron chi connectivity index (χ3n) is 5.16. The van der Waals surface area contributed by atoms with E-state index in [2.05, 4.69) is 5.32 Å². The fourth-order valence-corrected chi connectivity index (χ4v) is 5.04. The Labute approximate surface area is 200 Å². The van der Waals surface area contributed by atoms with Crippen LogP contribution in [0, 0.1) is 13.8 Å². The van der Waals surface area contributed by atoms with Crippen LogP contribution in [0.4, 0.5) is 11.4 Å². The molecular weight excluding hydrogens is 456 g/mol. The monoisotopic (exact) mass is 484 g/mol. The van der Waals surface area contributed by atoms with E-state index < -0.39 is 22.5 Å². The van der Waals surface area contributed by atoms with Gasteiger partial charge in [-0.1, -0.05) is 23.8 Å². The molecule has 0 atom stereocenters. The number of nitrogens with one attached hydrogen (secondary N) is 1. The van der Waals surface area contributed by atoms with Crippen molar-refractivity contribution in [2.75, 3.05) is 37.5 Å². The minimum Gasteiger partial charge on any atom is -0.495 e. The van der Waals surface area contributed by atoms with Gasteiger partial charge in [-0.05, 0) is 55.8 Å². The maximum absolute atomic E-state index is 13.8. The van der Waals surface area contributed by atoms with Gasteiger partial charge in [-0.25, -0.2) is 8.42 Å². The summed E-state index contributed by atoms with van der Waals surface area (Å²) >= 11 is 0. The van der Waals surface area contributed by atoms with Crippen molar-refractivity contribution in [1.82, 2.24) is 0 Å². The van der Waals surface area contributed by atoms with Crippen molar-refractivity contribution >= 4 is 27.3 Å². The van der Waals surface area contributed by atoms with E-state index in [1.807, 2.05) is 6.92 Å². The third kappa shape index (κ3) is 5.43. The number of nitrogens with zero attached hydrogens (tertiary/aromatic N) is 1. The highest BCUT2D eigenvalue weighted by atomic mass is 32.2. The van der Waals surface area contributed by atoms with Crippen LogP contribution in [0.15, 0.2) is 65.6 Å². The summed E-state index contributed by atoms with van der Waals surface area (Å²) in [6, 6.07) is 16.7. The molecule has 9 heteroatoms. The number of sulfonamides is 1. The minimum absolute atomic E-state index is 0.0190. The highest BCUT2D eigenvalue weighted by Crippen LogP contribution is 2.32. The molecule has 8 nitrogen and oxygen atoms in total. The van der Waals surface area contributed by atoms with Gasteiger partial charge in [0.25, 0.3) is 10.0 Å². The number of benzene rings is 3. The Bertz CT molecular complexity index is 1270. The molecule has 0 heterocycles. The van der Waals surface area contributed by atoms with E-state index in [1.165, 1.54) is 27.4 Å². The van der Waals surface area contributed by atoms with E-state index in [0.717, 1.165) is 15.4 Å². The van der Waals surface area contributed by atoms with Gasteiger partial charge >= 0.3 is 0 Å². The molecule has 3 aromatic rings. The lowest BCUT2D eigenvalue weighted by atomic mass is 10.2. The maximum atomic E-state index is 13.8. The summed E-state index contributed by atoms with van der Waals surface area (Å²) in [5, 5.41) is 2.73. The first kappa shape index (κ1) is 24.9. The number of hydrogen-bond acceptors (Lipinski definition) is 6.